The van der Waals surface area contributed by atoms with E-state index in [2.05, 4.69) is 31.3 Å². The van der Waals surface area contributed by atoms with Crippen LogP contribution in [0.15, 0.2) is 12.2 Å². The zero-order chi connectivity index (χ0) is 40.1. The van der Waals surface area contributed by atoms with Crippen molar-refractivity contribution in [3.63, 3.8) is 0 Å². The number of hydrogen-bond acceptors (Lipinski definition) is 5. The molecule has 0 radical (unpaired) electrons. The zero-order valence-electron chi connectivity index (χ0n) is 36.9. The molecule has 2 atom stereocenters. The Morgan fingerprint density at radius 3 is 1.29 bits per heavy atom. The van der Waals surface area contributed by atoms with Crippen molar-refractivity contribution < 1.29 is 24.5 Å². The van der Waals surface area contributed by atoms with Crippen molar-refractivity contribution in [2.45, 2.75) is 276 Å². The summed E-state index contributed by atoms with van der Waals surface area (Å²) in [6.45, 7) is 4.86. The molecule has 6 nitrogen and oxygen atoms in total. The molecule has 0 saturated carbocycles. The lowest BCUT2D eigenvalue weighted by Gasteiger charge is -2.22. The Morgan fingerprint density at radius 1 is 0.491 bits per heavy atom. The number of nitrogens with one attached hydrogen (secondary N) is 1. The summed E-state index contributed by atoms with van der Waals surface area (Å²) in [5, 5.41) is 23.2. The van der Waals surface area contributed by atoms with Crippen molar-refractivity contribution in [2.75, 3.05) is 13.2 Å². The van der Waals surface area contributed by atoms with E-state index in [1.54, 1.807) is 0 Å². The van der Waals surface area contributed by atoms with E-state index in [1.165, 1.54) is 154 Å². The van der Waals surface area contributed by atoms with Gasteiger partial charge in [-0.05, 0) is 51.4 Å². The van der Waals surface area contributed by atoms with Gasteiger partial charge in [-0.25, -0.2) is 0 Å². The van der Waals surface area contributed by atoms with Gasteiger partial charge in [-0.1, -0.05) is 212 Å². The van der Waals surface area contributed by atoms with Crippen molar-refractivity contribution in [1.82, 2.24) is 5.32 Å². The number of hydrogen-bond donors (Lipinski definition) is 3. The first-order chi connectivity index (χ1) is 27.0. The third-order valence-electron chi connectivity index (χ3n) is 11.3. The number of allylic oxidation sites excluding steroid dienone is 2. The van der Waals surface area contributed by atoms with Gasteiger partial charge < -0.3 is 20.3 Å². The molecule has 0 aromatic heterocycles. The average molecular weight is 778 g/mol. The Morgan fingerprint density at radius 2 is 0.855 bits per heavy atom. The molecule has 0 aromatic rings. The van der Waals surface area contributed by atoms with E-state index in [0.29, 0.717) is 25.9 Å². The van der Waals surface area contributed by atoms with Crippen molar-refractivity contribution >= 4 is 11.9 Å². The first kappa shape index (κ1) is 53.6. The first-order valence-electron chi connectivity index (χ1n) is 24.4. The summed E-state index contributed by atoms with van der Waals surface area (Å²) in [5.41, 5.74) is 0. The topological polar surface area (TPSA) is 95.9 Å². The highest BCUT2D eigenvalue weighted by Crippen LogP contribution is 2.16. The molecule has 0 aliphatic carbocycles. The predicted octanol–water partition coefficient (Wildman–Crippen LogP) is 14.2. The maximum atomic E-state index is 12.4. The Hall–Kier alpha value is -1.40. The van der Waals surface area contributed by atoms with Crippen LogP contribution in [0.25, 0.3) is 0 Å². The predicted molar refractivity (Wildman–Crippen MR) is 237 cm³/mol. The number of aliphatic hydroxyl groups excluding tert-OH is 2. The average Bonchev–Trinajstić information content (AvgIpc) is 3.18. The van der Waals surface area contributed by atoms with Crippen LogP contribution in [-0.2, 0) is 14.3 Å². The number of rotatable bonds is 45. The van der Waals surface area contributed by atoms with Crippen LogP contribution in [0.3, 0.4) is 0 Å². The molecule has 0 aliphatic rings. The van der Waals surface area contributed by atoms with Crippen LogP contribution in [0, 0.1) is 0 Å². The molecule has 0 rings (SSSR count). The van der Waals surface area contributed by atoms with E-state index in [0.717, 1.165) is 77.0 Å². The quantitative estimate of drug-likeness (QED) is 0.0325. The molecule has 6 heteroatoms. The van der Waals surface area contributed by atoms with Gasteiger partial charge in [-0.2, -0.15) is 0 Å². The van der Waals surface area contributed by atoms with E-state index in [9.17, 15) is 19.8 Å². The summed E-state index contributed by atoms with van der Waals surface area (Å²) in [6.07, 6.45) is 50.3. The number of ether oxygens (including phenoxy) is 1. The highest BCUT2D eigenvalue weighted by Gasteiger charge is 2.20. The van der Waals surface area contributed by atoms with Crippen LogP contribution in [0.5, 0.6) is 0 Å². The smallest absolute Gasteiger partial charge is 0.305 e. The molecule has 0 spiro atoms. The van der Waals surface area contributed by atoms with Crippen molar-refractivity contribution in [3.05, 3.63) is 12.2 Å². The third-order valence-corrected chi connectivity index (χ3v) is 11.3. The summed E-state index contributed by atoms with van der Waals surface area (Å²) in [5.74, 6) is -0.105. The van der Waals surface area contributed by atoms with Gasteiger partial charge in [0.15, 0.2) is 0 Å². The normalized spacial score (nSPS) is 12.7. The fraction of sp³-hybridized carbons (Fsp3) is 0.918. The van der Waals surface area contributed by atoms with Crippen LogP contribution in [0.2, 0.25) is 0 Å². The van der Waals surface area contributed by atoms with Crippen LogP contribution >= 0.6 is 0 Å². The highest BCUT2D eigenvalue weighted by atomic mass is 16.5. The second-order valence-electron chi connectivity index (χ2n) is 16.8. The van der Waals surface area contributed by atoms with Crippen molar-refractivity contribution in [1.29, 1.82) is 0 Å². The molecule has 2 unspecified atom stereocenters. The Bertz CT molecular complexity index is 817. The number of aliphatic hydroxyl groups is 2. The van der Waals surface area contributed by atoms with Gasteiger partial charge in [0.05, 0.1) is 25.4 Å². The van der Waals surface area contributed by atoms with Crippen LogP contribution in [0.1, 0.15) is 264 Å². The van der Waals surface area contributed by atoms with Gasteiger partial charge in [0.2, 0.25) is 5.91 Å². The standard InChI is InChI=1S/C49H95NO5/c1-3-5-7-9-11-13-15-17-18-19-20-21-25-29-33-37-41-47(52)46(45-51)50-48(53)42-38-34-30-26-23-24-28-32-36-40-44-55-49(54)43-39-35-31-27-22-16-14-12-10-8-6-4-2/h24,28,46-47,51-52H,3-23,25-27,29-45H2,1-2H3,(H,50,53)/b28-24-. The Balaban J connectivity index is 3.53. The van der Waals surface area contributed by atoms with Gasteiger partial charge >= 0.3 is 5.97 Å². The van der Waals surface area contributed by atoms with Gasteiger partial charge in [-0.15, -0.1) is 0 Å². The number of carbonyl (C=O) groups excluding carboxylic acids is 2. The molecular weight excluding hydrogens is 683 g/mol. The van der Waals surface area contributed by atoms with Gasteiger partial charge in [-0.3, -0.25) is 9.59 Å². The highest BCUT2D eigenvalue weighted by molar-refractivity contribution is 5.76. The minimum absolute atomic E-state index is 0.0355. The van der Waals surface area contributed by atoms with Gasteiger partial charge in [0.25, 0.3) is 0 Å². The molecule has 0 aromatic carbocycles. The molecule has 0 saturated heterocycles. The molecule has 0 fully saturated rings. The summed E-state index contributed by atoms with van der Waals surface area (Å²) in [7, 11) is 0. The summed E-state index contributed by atoms with van der Waals surface area (Å²) < 4.78 is 5.42. The lowest BCUT2D eigenvalue weighted by atomic mass is 10.0. The fourth-order valence-corrected chi connectivity index (χ4v) is 7.51. The van der Waals surface area contributed by atoms with Crippen LogP contribution in [0.4, 0.5) is 0 Å². The van der Waals surface area contributed by atoms with Crippen molar-refractivity contribution in [3.8, 4) is 0 Å². The summed E-state index contributed by atoms with van der Waals surface area (Å²) >= 11 is 0. The largest absolute Gasteiger partial charge is 0.466 e. The molecule has 55 heavy (non-hydrogen) atoms. The summed E-state index contributed by atoms with van der Waals surface area (Å²) in [4.78, 5) is 24.4. The monoisotopic (exact) mass is 778 g/mol. The van der Waals surface area contributed by atoms with Crippen LogP contribution in [-0.4, -0.2) is 47.4 Å². The maximum absolute atomic E-state index is 12.4. The minimum Gasteiger partial charge on any atom is -0.466 e. The van der Waals surface area contributed by atoms with Gasteiger partial charge in [0.1, 0.15) is 0 Å². The number of carbonyl (C=O) groups is 2. The molecule has 1 amide bonds. The number of unbranched alkanes of at least 4 members (excludes halogenated alkanes) is 32. The fourth-order valence-electron chi connectivity index (χ4n) is 7.51. The van der Waals surface area contributed by atoms with E-state index in [1.807, 2.05) is 0 Å². The Kier molecular flexibility index (Phi) is 44.2. The van der Waals surface area contributed by atoms with E-state index in [4.69, 9.17) is 4.74 Å². The molecule has 326 valence electrons. The third kappa shape index (κ3) is 42.0. The van der Waals surface area contributed by atoms with Crippen molar-refractivity contribution in [2.24, 2.45) is 0 Å². The lowest BCUT2D eigenvalue weighted by Crippen LogP contribution is -2.45. The molecule has 0 aliphatic heterocycles. The minimum atomic E-state index is -0.684. The van der Waals surface area contributed by atoms with E-state index in [-0.39, 0.29) is 18.5 Å². The van der Waals surface area contributed by atoms with E-state index < -0.39 is 12.1 Å². The summed E-state index contributed by atoms with van der Waals surface area (Å²) in [6, 6.07) is -0.565. The zero-order valence-corrected chi connectivity index (χ0v) is 36.9. The molecule has 3 N–H and O–H groups in total. The molecular formula is C49H95NO5. The second kappa shape index (κ2) is 45.3. The van der Waals surface area contributed by atoms with E-state index >= 15 is 0 Å². The SMILES string of the molecule is CCCCCCCCCCCCCCCCCCC(O)C(CO)NC(=O)CCCCCC/C=C\CCCCOC(=O)CCCCCCCCCCCCCC. The first-order valence-corrected chi connectivity index (χ1v) is 24.4. The Labute approximate surface area is 342 Å². The maximum Gasteiger partial charge on any atom is 0.305 e. The molecule has 0 bridgehead atoms. The molecule has 0 heterocycles. The van der Waals surface area contributed by atoms with Crippen LogP contribution < -0.4 is 5.32 Å². The number of esters is 1. The lowest BCUT2D eigenvalue weighted by molar-refractivity contribution is -0.143. The van der Waals surface area contributed by atoms with Gasteiger partial charge in [0, 0.05) is 12.8 Å². The number of amides is 1. The second-order valence-corrected chi connectivity index (χ2v) is 16.8.